The van der Waals surface area contributed by atoms with Gasteiger partial charge in [-0.3, -0.25) is 9.59 Å². The van der Waals surface area contributed by atoms with Gasteiger partial charge in [-0.15, -0.1) is 0 Å². The van der Waals surface area contributed by atoms with E-state index in [0.717, 1.165) is 25.7 Å². The van der Waals surface area contributed by atoms with E-state index >= 15 is 0 Å². The number of allylic oxidation sites excluding steroid dienone is 4. The Morgan fingerprint density at radius 2 is 1.10 bits per heavy atom. The maximum absolute atomic E-state index is 10.6. The van der Waals surface area contributed by atoms with Gasteiger partial charge in [-0.05, 0) is 49.4 Å². The first-order valence-electron chi connectivity index (χ1n) is 7.37. The molecule has 4 aliphatic carbocycles. The minimum Gasteiger partial charge on any atom is -0.481 e. The lowest BCUT2D eigenvalue weighted by Gasteiger charge is -2.11. The van der Waals surface area contributed by atoms with E-state index in [1.807, 2.05) is 0 Å². The molecule has 4 heteroatoms. The number of hydrogen-bond donors (Lipinski definition) is 2. The van der Waals surface area contributed by atoms with E-state index in [4.69, 9.17) is 10.2 Å². The van der Waals surface area contributed by atoms with Crippen LogP contribution in [0.5, 0.6) is 0 Å². The number of fused-ring (bicyclic) bond motifs is 4. The fourth-order valence-electron chi connectivity index (χ4n) is 4.13. The second-order valence-electron chi connectivity index (χ2n) is 6.45. The van der Waals surface area contributed by atoms with E-state index in [2.05, 4.69) is 24.3 Å². The van der Waals surface area contributed by atoms with Crippen LogP contribution in [-0.2, 0) is 9.59 Å². The Kier molecular flexibility index (Phi) is 3.40. The summed E-state index contributed by atoms with van der Waals surface area (Å²) in [5.41, 5.74) is 0. The largest absolute Gasteiger partial charge is 0.481 e. The molecule has 4 rings (SSSR count). The molecule has 0 aliphatic heterocycles. The van der Waals surface area contributed by atoms with Crippen molar-refractivity contribution in [2.75, 3.05) is 0 Å². The second kappa shape index (κ2) is 5.08. The third kappa shape index (κ3) is 2.39. The van der Waals surface area contributed by atoms with Crippen LogP contribution >= 0.6 is 0 Å². The summed E-state index contributed by atoms with van der Waals surface area (Å²) in [6, 6.07) is 0. The van der Waals surface area contributed by atoms with Crippen LogP contribution in [0, 0.1) is 35.5 Å². The molecule has 4 aliphatic rings. The molecule has 2 N–H and O–H groups in total. The van der Waals surface area contributed by atoms with Crippen LogP contribution in [0.15, 0.2) is 24.3 Å². The zero-order valence-corrected chi connectivity index (χ0v) is 11.3. The van der Waals surface area contributed by atoms with E-state index in [-0.39, 0.29) is 11.8 Å². The summed E-state index contributed by atoms with van der Waals surface area (Å²) in [6.07, 6.45) is 12.3. The molecule has 0 aromatic carbocycles. The Morgan fingerprint density at radius 3 is 1.25 bits per heavy atom. The van der Waals surface area contributed by atoms with Gasteiger partial charge in [0, 0.05) is 0 Å². The lowest BCUT2D eigenvalue weighted by Crippen LogP contribution is -2.17. The van der Waals surface area contributed by atoms with Crippen LogP contribution in [0.2, 0.25) is 0 Å². The summed E-state index contributed by atoms with van der Waals surface area (Å²) in [5, 5.41) is 17.4. The number of carboxylic acids is 2. The van der Waals surface area contributed by atoms with Crippen LogP contribution in [0.4, 0.5) is 0 Å². The predicted molar refractivity (Wildman–Crippen MR) is 73.0 cm³/mol. The lowest BCUT2D eigenvalue weighted by atomic mass is 9.94. The lowest BCUT2D eigenvalue weighted by molar-refractivity contribution is -0.143. The van der Waals surface area contributed by atoms with E-state index in [0.29, 0.717) is 23.7 Å². The zero-order chi connectivity index (χ0) is 14.3. The smallest absolute Gasteiger partial charge is 0.307 e. The minimum atomic E-state index is -0.614. The number of carboxylic acid groups (broad SMARTS) is 2. The van der Waals surface area contributed by atoms with Gasteiger partial charge in [-0.25, -0.2) is 0 Å². The molecule has 20 heavy (non-hydrogen) atoms. The molecule has 0 amide bonds. The van der Waals surface area contributed by atoms with Gasteiger partial charge in [0.25, 0.3) is 0 Å². The molecule has 0 heterocycles. The summed E-state index contributed by atoms with van der Waals surface area (Å²) >= 11 is 0. The van der Waals surface area contributed by atoms with E-state index < -0.39 is 11.9 Å². The van der Waals surface area contributed by atoms with Gasteiger partial charge in [0.2, 0.25) is 0 Å². The van der Waals surface area contributed by atoms with Gasteiger partial charge in [0.05, 0.1) is 11.8 Å². The van der Waals surface area contributed by atoms with Crippen molar-refractivity contribution in [1.82, 2.24) is 0 Å². The van der Waals surface area contributed by atoms with Gasteiger partial charge in [0.1, 0.15) is 0 Å². The maximum atomic E-state index is 10.6. The Bertz CT molecular complexity index is 435. The standard InChI is InChI=1S/2C8H10O2/c2*9-8(10)7-4-5-1-2-6(7)3-5/h2*1-2,5-7H,3-4H2,(H,9,10). The van der Waals surface area contributed by atoms with Crippen molar-refractivity contribution in [3.8, 4) is 0 Å². The normalized spacial score (nSPS) is 42.6. The molecule has 0 saturated heterocycles. The molecule has 2 saturated carbocycles. The first-order valence-corrected chi connectivity index (χ1v) is 7.37. The van der Waals surface area contributed by atoms with Crippen molar-refractivity contribution >= 4 is 11.9 Å². The monoisotopic (exact) mass is 276 g/mol. The van der Waals surface area contributed by atoms with Crippen LogP contribution in [0.25, 0.3) is 0 Å². The van der Waals surface area contributed by atoms with E-state index in [9.17, 15) is 9.59 Å². The summed E-state index contributed by atoms with van der Waals surface area (Å²) in [4.78, 5) is 21.1. The molecule has 2 fully saturated rings. The van der Waals surface area contributed by atoms with Crippen LogP contribution in [-0.4, -0.2) is 22.2 Å². The van der Waals surface area contributed by atoms with Crippen molar-refractivity contribution in [3.63, 3.8) is 0 Å². The summed E-state index contributed by atoms with van der Waals surface area (Å²) in [5.74, 6) is 0.473. The topological polar surface area (TPSA) is 74.6 Å². The van der Waals surface area contributed by atoms with Gasteiger partial charge in [-0.1, -0.05) is 24.3 Å². The molecular formula is C16H20O4. The molecule has 6 unspecified atom stereocenters. The fourth-order valence-corrected chi connectivity index (χ4v) is 4.13. The highest BCUT2D eigenvalue weighted by molar-refractivity contribution is 5.72. The van der Waals surface area contributed by atoms with Crippen molar-refractivity contribution < 1.29 is 19.8 Å². The molecule has 108 valence electrons. The Labute approximate surface area is 118 Å². The highest BCUT2D eigenvalue weighted by Gasteiger charge is 2.40. The van der Waals surface area contributed by atoms with Gasteiger partial charge in [0.15, 0.2) is 0 Å². The van der Waals surface area contributed by atoms with Crippen molar-refractivity contribution in [1.29, 1.82) is 0 Å². The SMILES string of the molecule is O=C(O)C1CC2C=CC1C2.O=C(O)C1CC2C=CC1C2. The third-order valence-corrected chi connectivity index (χ3v) is 5.19. The van der Waals surface area contributed by atoms with Crippen molar-refractivity contribution in [2.45, 2.75) is 25.7 Å². The molecular weight excluding hydrogens is 256 g/mol. The first-order chi connectivity index (χ1) is 9.54. The average molecular weight is 276 g/mol. The molecule has 4 bridgehead atoms. The fraction of sp³-hybridized carbons (Fsp3) is 0.625. The highest BCUT2D eigenvalue weighted by atomic mass is 16.4. The van der Waals surface area contributed by atoms with Crippen molar-refractivity contribution in [2.24, 2.45) is 35.5 Å². The Balaban J connectivity index is 0.000000121. The molecule has 0 spiro atoms. The van der Waals surface area contributed by atoms with Gasteiger partial charge >= 0.3 is 11.9 Å². The molecule has 0 aromatic rings. The number of aliphatic carboxylic acids is 2. The van der Waals surface area contributed by atoms with Gasteiger partial charge < -0.3 is 10.2 Å². The van der Waals surface area contributed by atoms with Crippen molar-refractivity contribution in [3.05, 3.63) is 24.3 Å². The first kappa shape index (κ1) is 13.4. The average Bonchev–Trinajstić information content (AvgIpc) is 3.18. The Morgan fingerprint density at radius 1 is 0.700 bits per heavy atom. The number of carbonyl (C=O) groups is 2. The summed E-state index contributed by atoms with van der Waals surface area (Å²) < 4.78 is 0. The van der Waals surface area contributed by atoms with E-state index in [1.54, 1.807) is 0 Å². The maximum Gasteiger partial charge on any atom is 0.307 e. The number of hydrogen-bond acceptors (Lipinski definition) is 2. The molecule has 4 nitrogen and oxygen atoms in total. The number of rotatable bonds is 2. The minimum absolute atomic E-state index is 0.0741. The third-order valence-electron chi connectivity index (χ3n) is 5.19. The highest BCUT2D eigenvalue weighted by Crippen LogP contribution is 2.44. The van der Waals surface area contributed by atoms with Gasteiger partial charge in [-0.2, -0.15) is 0 Å². The summed E-state index contributed by atoms with van der Waals surface area (Å²) in [7, 11) is 0. The van der Waals surface area contributed by atoms with E-state index in [1.165, 1.54) is 0 Å². The Hall–Kier alpha value is -1.58. The van der Waals surface area contributed by atoms with Crippen LogP contribution < -0.4 is 0 Å². The zero-order valence-electron chi connectivity index (χ0n) is 11.3. The molecule has 0 aromatic heterocycles. The summed E-state index contributed by atoms with van der Waals surface area (Å²) in [6.45, 7) is 0. The predicted octanol–water partition coefficient (Wildman–Crippen LogP) is 2.57. The van der Waals surface area contributed by atoms with Crippen LogP contribution in [0.1, 0.15) is 25.7 Å². The molecule has 6 atom stereocenters. The molecule has 0 radical (unpaired) electrons. The van der Waals surface area contributed by atoms with Crippen LogP contribution in [0.3, 0.4) is 0 Å². The quantitative estimate of drug-likeness (QED) is 0.760. The second-order valence-corrected chi connectivity index (χ2v) is 6.45.